The highest BCUT2D eigenvalue weighted by molar-refractivity contribution is 7.15. The summed E-state index contributed by atoms with van der Waals surface area (Å²) in [5.74, 6) is 2.01. The van der Waals surface area contributed by atoms with E-state index in [4.69, 9.17) is 19.6 Å². The highest BCUT2D eigenvalue weighted by Gasteiger charge is 2.30. The molecule has 6 rings (SSSR count). The molecule has 3 aromatic heterocycles. The molecule has 2 fully saturated rings. The van der Waals surface area contributed by atoms with Crippen molar-refractivity contribution in [3.63, 3.8) is 0 Å². The van der Waals surface area contributed by atoms with Crippen LogP contribution >= 0.6 is 11.3 Å². The van der Waals surface area contributed by atoms with Crippen LogP contribution in [0, 0.1) is 12.8 Å². The molecule has 1 saturated carbocycles. The number of pyridine rings is 1. The van der Waals surface area contributed by atoms with Crippen LogP contribution in [0.5, 0.6) is 11.5 Å². The highest BCUT2D eigenvalue weighted by atomic mass is 32.1. The molecular weight excluding hydrogens is 582 g/mol. The first-order valence-electron chi connectivity index (χ1n) is 15.0. The number of thiazole rings is 1. The second-order valence-corrected chi connectivity index (χ2v) is 12.7. The van der Waals surface area contributed by atoms with Gasteiger partial charge in [0.15, 0.2) is 16.6 Å². The molecule has 2 aliphatic rings. The van der Waals surface area contributed by atoms with Crippen LogP contribution in [0.4, 0.5) is 15.7 Å². The van der Waals surface area contributed by atoms with E-state index in [-0.39, 0.29) is 24.0 Å². The summed E-state index contributed by atoms with van der Waals surface area (Å²) in [7, 11) is 1.64. The summed E-state index contributed by atoms with van der Waals surface area (Å²) >= 11 is 1.48. The quantitative estimate of drug-likeness (QED) is 0.225. The number of nitrogens with zero attached hydrogens (tertiary/aromatic N) is 5. The van der Waals surface area contributed by atoms with Crippen LogP contribution in [-0.4, -0.2) is 74.1 Å². The Hall–Kier alpha value is -4.39. The largest absolute Gasteiger partial charge is 0.497 e. The number of benzene rings is 1. The van der Waals surface area contributed by atoms with Gasteiger partial charge in [0.05, 0.1) is 19.8 Å². The zero-order valence-electron chi connectivity index (χ0n) is 24.9. The molecule has 4 aromatic rings. The Morgan fingerprint density at radius 3 is 2.59 bits per heavy atom. The molecule has 0 bridgehead atoms. The van der Waals surface area contributed by atoms with Gasteiger partial charge in [0.1, 0.15) is 16.9 Å². The number of hydrogen-bond donors (Lipinski definition) is 3. The summed E-state index contributed by atoms with van der Waals surface area (Å²) < 4.78 is 13.8. The summed E-state index contributed by atoms with van der Waals surface area (Å²) in [6.45, 7) is 3.37. The average Bonchev–Trinajstić information content (AvgIpc) is 3.60. The fraction of sp³-hybridized carbons (Fsp3) is 0.452. The highest BCUT2D eigenvalue weighted by Crippen LogP contribution is 2.36. The lowest BCUT2D eigenvalue weighted by Gasteiger charge is -2.31. The maximum Gasteiger partial charge on any atom is 0.407 e. The Kier molecular flexibility index (Phi) is 8.82. The van der Waals surface area contributed by atoms with Gasteiger partial charge in [-0.05, 0) is 69.2 Å². The number of carbonyl (C=O) groups is 2. The molecule has 0 spiro atoms. The van der Waals surface area contributed by atoms with E-state index in [9.17, 15) is 14.7 Å². The number of carboxylic acid groups (broad SMARTS) is 1. The van der Waals surface area contributed by atoms with Crippen LogP contribution < -0.4 is 20.1 Å². The molecule has 0 unspecified atom stereocenters. The van der Waals surface area contributed by atoms with Crippen LogP contribution in [0.25, 0.3) is 11.0 Å². The molecule has 4 heterocycles. The van der Waals surface area contributed by atoms with Crippen LogP contribution in [0.1, 0.15) is 49.0 Å². The van der Waals surface area contributed by atoms with Crippen LogP contribution in [-0.2, 0) is 11.3 Å². The molecule has 0 radical (unpaired) electrons. The van der Waals surface area contributed by atoms with Gasteiger partial charge in [0.25, 0.3) is 0 Å². The third-order valence-corrected chi connectivity index (χ3v) is 9.14. The smallest absolute Gasteiger partial charge is 0.407 e. The number of amides is 2. The molecule has 2 amide bonds. The van der Waals surface area contributed by atoms with E-state index in [0.717, 1.165) is 60.1 Å². The first-order valence-corrected chi connectivity index (χ1v) is 15.8. The van der Waals surface area contributed by atoms with Gasteiger partial charge in [-0.1, -0.05) is 12.1 Å². The minimum atomic E-state index is -0.914. The Balaban J connectivity index is 1.21. The van der Waals surface area contributed by atoms with Gasteiger partial charge in [-0.3, -0.25) is 4.79 Å². The van der Waals surface area contributed by atoms with Crippen molar-refractivity contribution >= 4 is 45.3 Å². The first kappa shape index (κ1) is 29.7. The van der Waals surface area contributed by atoms with Crippen LogP contribution in [0.3, 0.4) is 0 Å². The molecule has 3 N–H and O–H groups in total. The molecule has 44 heavy (non-hydrogen) atoms. The van der Waals surface area contributed by atoms with Crippen molar-refractivity contribution in [1.29, 1.82) is 0 Å². The number of nitrogens with one attached hydrogen (secondary N) is 2. The van der Waals surface area contributed by atoms with Crippen molar-refractivity contribution in [3.8, 4) is 11.5 Å². The number of aryl methyl sites for hydroxylation is 1. The minimum absolute atomic E-state index is 0.0123. The number of anilines is 2. The zero-order chi connectivity index (χ0) is 30.6. The van der Waals surface area contributed by atoms with E-state index >= 15 is 0 Å². The maximum absolute atomic E-state index is 12.8. The molecular formula is C31H37N7O5S. The predicted octanol–water partition coefficient (Wildman–Crippen LogP) is 5.38. The fourth-order valence-corrected chi connectivity index (χ4v) is 6.66. The van der Waals surface area contributed by atoms with E-state index in [2.05, 4.69) is 15.6 Å². The summed E-state index contributed by atoms with van der Waals surface area (Å²) in [5, 5.41) is 22.4. The average molecular weight is 620 g/mol. The van der Waals surface area contributed by atoms with Gasteiger partial charge in [0.2, 0.25) is 5.91 Å². The number of aromatic nitrogens is 4. The van der Waals surface area contributed by atoms with E-state index in [1.54, 1.807) is 19.5 Å². The second-order valence-electron chi connectivity index (χ2n) is 11.4. The van der Waals surface area contributed by atoms with Gasteiger partial charge < -0.3 is 30.1 Å². The first-order chi connectivity index (χ1) is 21.4. The zero-order valence-corrected chi connectivity index (χ0v) is 25.7. The van der Waals surface area contributed by atoms with Crippen molar-refractivity contribution in [2.24, 2.45) is 5.92 Å². The van der Waals surface area contributed by atoms with E-state index in [1.807, 2.05) is 41.9 Å². The third-order valence-electron chi connectivity index (χ3n) is 8.31. The van der Waals surface area contributed by atoms with Crippen molar-refractivity contribution < 1.29 is 24.2 Å². The van der Waals surface area contributed by atoms with Gasteiger partial charge in [-0.15, -0.1) is 11.3 Å². The number of fused-ring (bicyclic) bond motifs is 1. The minimum Gasteiger partial charge on any atom is -0.497 e. The normalized spacial score (nSPS) is 20.3. The van der Waals surface area contributed by atoms with Crippen molar-refractivity contribution in [2.45, 2.75) is 64.1 Å². The molecule has 12 nitrogen and oxygen atoms in total. The van der Waals surface area contributed by atoms with Gasteiger partial charge >= 0.3 is 6.09 Å². The maximum atomic E-state index is 12.8. The van der Waals surface area contributed by atoms with Crippen LogP contribution in [0.2, 0.25) is 0 Å². The van der Waals surface area contributed by atoms with Crippen LogP contribution in [0.15, 0.2) is 42.7 Å². The monoisotopic (exact) mass is 619 g/mol. The lowest BCUT2D eigenvalue weighted by molar-refractivity contribution is -0.121. The number of methoxy groups -OCH3 is 1. The van der Waals surface area contributed by atoms with Crippen molar-refractivity contribution in [2.75, 3.05) is 30.8 Å². The van der Waals surface area contributed by atoms with Crippen molar-refractivity contribution in [1.82, 2.24) is 24.6 Å². The summed E-state index contributed by atoms with van der Waals surface area (Å²) in [6, 6.07) is 9.60. The fourth-order valence-electron chi connectivity index (χ4n) is 5.99. The number of rotatable bonds is 9. The molecule has 13 heteroatoms. The third kappa shape index (κ3) is 6.72. The van der Waals surface area contributed by atoms with Gasteiger partial charge in [0, 0.05) is 42.3 Å². The van der Waals surface area contributed by atoms with E-state index in [1.165, 1.54) is 16.2 Å². The number of ether oxygens (including phenoxy) is 2. The molecule has 1 atom stereocenters. The number of piperidine rings is 1. The Morgan fingerprint density at radius 1 is 1.09 bits per heavy atom. The van der Waals surface area contributed by atoms with Gasteiger partial charge in [-0.2, -0.15) is 5.10 Å². The van der Waals surface area contributed by atoms with Crippen molar-refractivity contribution in [3.05, 3.63) is 53.2 Å². The predicted molar refractivity (Wildman–Crippen MR) is 168 cm³/mol. The SMILES string of the molecule is COc1ccc(Cn2nc(N[C@@H]3CCCN(C(=O)O)C3)c3c(O[C@H]4CC[C@H](C(=O)Nc5ncc(C)s5)CC4)ccnc32)cc1. The topological polar surface area (TPSA) is 144 Å². The lowest BCUT2D eigenvalue weighted by Crippen LogP contribution is -2.44. The summed E-state index contributed by atoms with van der Waals surface area (Å²) in [5.41, 5.74) is 1.72. The molecule has 232 valence electrons. The van der Waals surface area contributed by atoms with E-state index in [0.29, 0.717) is 42.0 Å². The number of carbonyl (C=O) groups excluding carboxylic acids is 1. The van der Waals surface area contributed by atoms with Gasteiger partial charge in [-0.25, -0.2) is 19.4 Å². The summed E-state index contributed by atoms with van der Waals surface area (Å²) in [4.78, 5) is 36.0. The Bertz CT molecular complexity index is 1610. The Labute approximate surface area is 259 Å². The second kappa shape index (κ2) is 13.1. The number of hydrogen-bond acceptors (Lipinski definition) is 9. The molecule has 1 aliphatic heterocycles. The lowest BCUT2D eigenvalue weighted by atomic mass is 9.87. The number of likely N-dealkylation sites (tertiary alicyclic amines) is 1. The molecule has 1 saturated heterocycles. The Morgan fingerprint density at radius 2 is 1.89 bits per heavy atom. The standard InChI is InChI=1S/C31H37N7O5S/c1-19-16-33-30(44-19)35-29(39)21-7-11-24(12-8-21)43-25-13-14-32-28-26(25)27(34-22-4-3-15-37(18-22)31(40)41)36-38(28)17-20-5-9-23(42-2)10-6-20/h5-6,9-10,13-14,16,21-22,24H,3-4,7-8,11-12,15,17-18H2,1-2H3,(H,34,36)(H,40,41)(H,33,35,39)/t21-,22-,24-/m1/s1. The molecule has 1 aliphatic carbocycles. The van der Waals surface area contributed by atoms with E-state index < -0.39 is 6.09 Å². The summed E-state index contributed by atoms with van der Waals surface area (Å²) in [6.07, 6.45) is 7.08. The molecule has 1 aromatic carbocycles.